The van der Waals surface area contributed by atoms with Crippen molar-refractivity contribution in [2.75, 3.05) is 13.2 Å². The molecule has 2 rings (SSSR count). The van der Waals surface area contributed by atoms with Crippen LogP contribution in [0.5, 0.6) is 0 Å². The molecule has 1 aromatic rings. The average molecular weight is 304 g/mol. The van der Waals surface area contributed by atoms with E-state index in [1.54, 1.807) is 0 Å². The van der Waals surface area contributed by atoms with Gasteiger partial charge in [0.15, 0.2) is 0 Å². The number of hydrogen-bond acceptors (Lipinski definition) is 2. The third-order valence-electron chi connectivity index (χ3n) is 2.59. The Morgan fingerprint density at radius 2 is 2.07 bits per heavy atom. The van der Waals surface area contributed by atoms with E-state index in [2.05, 4.69) is 34.7 Å². The van der Waals surface area contributed by atoms with Crippen molar-refractivity contribution in [3.05, 3.63) is 35.9 Å². The summed E-state index contributed by atoms with van der Waals surface area (Å²) in [4.78, 5) is 0. The highest BCUT2D eigenvalue weighted by Crippen LogP contribution is 2.37. The molecule has 0 aliphatic carbocycles. The summed E-state index contributed by atoms with van der Waals surface area (Å²) in [5.74, 6) is 0.279. The predicted octanol–water partition coefficient (Wildman–Crippen LogP) is 2.17. The van der Waals surface area contributed by atoms with Crippen molar-refractivity contribution in [3.8, 4) is 0 Å². The maximum Gasteiger partial charge on any atom is 0.0947 e. The molecular weight excluding hydrogens is 291 g/mol. The Bertz CT molecular complexity index is 289. The lowest BCUT2D eigenvalue weighted by Gasteiger charge is -2.15. The van der Waals surface area contributed by atoms with Crippen LogP contribution >= 0.6 is 22.6 Å². The summed E-state index contributed by atoms with van der Waals surface area (Å²) < 4.78 is 6.06. The number of ether oxygens (including phenoxy) is 1. The molecule has 0 saturated carbocycles. The van der Waals surface area contributed by atoms with Gasteiger partial charge in [-0.05, 0) is 5.56 Å². The molecule has 1 unspecified atom stereocenters. The minimum atomic E-state index is 0.147. The molecule has 76 valence electrons. The maximum atomic E-state index is 9.12. The van der Waals surface area contributed by atoms with Gasteiger partial charge in [-0.3, -0.25) is 0 Å². The zero-order valence-electron chi connectivity index (χ0n) is 7.77. The van der Waals surface area contributed by atoms with Crippen molar-refractivity contribution in [1.82, 2.24) is 0 Å². The molecule has 1 aliphatic rings. The van der Waals surface area contributed by atoms with E-state index in [4.69, 9.17) is 9.84 Å². The summed E-state index contributed by atoms with van der Waals surface area (Å²) in [5, 5.41) is 9.12. The second-order valence-electron chi connectivity index (χ2n) is 3.55. The van der Waals surface area contributed by atoms with E-state index < -0.39 is 0 Å². The second-order valence-corrected chi connectivity index (χ2v) is 4.99. The van der Waals surface area contributed by atoms with E-state index in [1.807, 2.05) is 18.2 Å². The number of aliphatic hydroxyl groups excluding tert-OH is 1. The Morgan fingerprint density at radius 3 is 2.64 bits per heavy atom. The van der Waals surface area contributed by atoms with Crippen LogP contribution in [0.1, 0.15) is 11.7 Å². The van der Waals surface area contributed by atoms with E-state index in [1.165, 1.54) is 5.56 Å². The van der Waals surface area contributed by atoms with Gasteiger partial charge >= 0.3 is 0 Å². The van der Waals surface area contributed by atoms with Gasteiger partial charge in [-0.15, -0.1) is 0 Å². The van der Waals surface area contributed by atoms with Gasteiger partial charge in [0.25, 0.3) is 0 Å². The van der Waals surface area contributed by atoms with Crippen LogP contribution in [0.15, 0.2) is 30.3 Å². The van der Waals surface area contributed by atoms with E-state index in [-0.39, 0.29) is 18.6 Å². The Labute approximate surface area is 97.4 Å². The van der Waals surface area contributed by atoms with Gasteiger partial charge in [0.05, 0.1) is 12.7 Å². The molecule has 2 nitrogen and oxygen atoms in total. The fraction of sp³-hybridized carbons (Fsp3) is 0.455. The molecule has 0 radical (unpaired) electrons. The average Bonchev–Trinajstić information content (AvgIpc) is 2.61. The van der Waals surface area contributed by atoms with E-state index in [9.17, 15) is 0 Å². The van der Waals surface area contributed by atoms with Crippen LogP contribution in [0.4, 0.5) is 0 Å². The van der Waals surface area contributed by atoms with Crippen molar-refractivity contribution in [2.24, 2.45) is 5.92 Å². The number of alkyl halides is 1. The molecule has 0 spiro atoms. The Morgan fingerprint density at radius 1 is 1.36 bits per heavy atom. The molecule has 3 atom stereocenters. The maximum absolute atomic E-state index is 9.12. The quantitative estimate of drug-likeness (QED) is 0.670. The van der Waals surface area contributed by atoms with Gasteiger partial charge in [-0.1, -0.05) is 52.9 Å². The van der Waals surface area contributed by atoms with Crippen LogP contribution in [-0.4, -0.2) is 22.2 Å². The lowest BCUT2D eigenvalue weighted by atomic mass is 10.0. The second kappa shape index (κ2) is 4.59. The highest BCUT2D eigenvalue weighted by Gasteiger charge is 2.35. The molecular formula is C11H13IO2. The molecule has 1 aliphatic heterocycles. The Balaban J connectivity index is 2.14. The van der Waals surface area contributed by atoms with E-state index >= 15 is 0 Å². The monoisotopic (exact) mass is 304 g/mol. The molecule has 0 aromatic heterocycles. The van der Waals surface area contributed by atoms with Gasteiger partial charge in [0, 0.05) is 16.4 Å². The fourth-order valence-electron chi connectivity index (χ4n) is 1.73. The van der Waals surface area contributed by atoms with Crippen LogP contribution < -0.4 is 0 Å². The molecule has 1 N–H and O–H groups in total. The Hall–Kier alpha value is -0.130. The number of rotatable bonds is 2. The summed E-state index contributed by atoms with van der Waals surface area (Å²) in [6.45, 7) is 0.889. The number of halogens is 1. The van der Waals surface area contributed by atoms with Crippen molar-refractivity contribution >= 4 is 22.6 Å². The Kier molecular flexibility index (Phi) is 3.41. The van der Waals surface area contributed by atoms with Crippen molar-refractivity contribution in [2.45, 2.75) is 10.0 Å². The smallest absolute Gasteiger partial charge is 0.0947 e. The van der Waals surface area contributed by atoms with Crippen LogP contribution in [-0.2, 0) is 4.74 Å². The molecule has 0 amide bonds. The number of benzene rings is 1. The van der Waals surface area contributed by atoms with Gasteiger partial charge in [-0.2, -0.15) is 0 Å². The summed E-state index contributed by atoms with van der Waals surface area (Å²) in [6.07, 6.45) is 0.147. The first-order valence-corrected chi connectivity index (χ1v) is 5.99. The minimum Gasteiger partial charge on any atom is -0.396 e. The highest BCUT2D eigenvalue weighted by molar-refractivity contribution is 14.1. The zero-order valence-corrected chi connectivity index (χ0v) is 9.92. The van der Waals surface area contributed by atoms with Crippen molar-refractivity contribution in [3.63, 3.8) is 0 Å². The molecule has 0 bridgehead atoms. The minimum absolute atomic E-state index is 0.147. The largest absolute Gasteiger partial charge is 0.396 e. The number of aliphatic hydroxyl groups is 1. The van der Waals surface area contributed by atoms with E-state index in [0.717, 1.165) is 0 Å². The molecule has 14 heavy (non-hydrogen) atoms. The summed E-state index contributed by atoms with van der Waals surface area (Å²) in [6, 6.07) is 10.2. The normalized spacial score (nSPS) is 32.0. The summed E-state index contributed by atoms with van der Waals surface area (Å²) >= 11 is 2.37. The lowest BCUT2D eigenvalue weighted by Crippen LogP contribution is -2.17. The van der Waals surface area contributed by atoms with Crippen LogP contribution in [0.25, 0.3) is 0 Å². The van der Waals surface area contributed by atoms with Crippen molar-refractivity contribution in [1.29, 1.82) is 0 Å². The lowest BCUT2D eigenvalue weighted by molar-refractivity contribution is 0.103. The molecule has 3 heteroatoms. The summed E-state index contributed by atoms with van der Waals surface area (Å²) in [5.41, 5.74) is 1.21. The molecule has 1 heterocycles. The van der Waals surface area contributed by atoms with Crippen molar-refractivity contribution < 1.29 is 9.84 Å². The third-order valence-corrected chi connectivity index (χ3v) is 4.26. The SMILES string of the molecule is OC[C@@H]1CO[C@@H](c2ccccc2)C1I. The van der Waals surface area contributed by atoms with Crippen LogP contribution in [0.3, 0.4) is 0 Å². The van der Waals surface area contributed by atoms with Crippen LogP contribution in [0.2, 0.25) is 0 Å². The molecule has 1 aromatic carbocycles. The molecule has 1 fully saturated rings. The van der Waals surface area contributed by atoms with Gasteiger partial charge in [0.1, 0.15) is 0 Å². The van der Waals surface area contributed by atoms with E-state index in [0.29, 0.717) is 10.5 Å². The predicted molar refractivity (Wildman–Crippen MR) is 63.5 cm³/mol. The topological polar surface area (TPSA) is 29.5 Å². The first-order chi connectivity index (χ1) is 6.83. The first-order valence-electron chi connectivity index (χ1n) is 4.74. The zero-order chi connectivity index (χ0) is 9.97. The van der Waals surface area contributed by atoms with Gasteiger partial charge < -0.3 is 9.84 Å². The first kappa shape index (κ1) is 10.4. The van der Waals surface area contributed by atoms with Crippen LogP contribution in [0, 0.1) is 5.92 Å². The summed E-state index contributed by atoms with van der Waals surface area (Å²) in [7, 11) is 0. The standard InChI is InChI=1S/C11H13IO2/c12-10-9(6-13)7-14-11(10)8-4-2-1-3-5-8/h1-5,9-11,13H,6-7H2/t9-,10?,11+/m1/s1. The highest BCUT2D eigenvalue weighted by atomic mass is 127. The molecule has 1 saturated heterocycles. The van der Waals surface area contributed by atoms with Gasteiger partial charge in [-0.25, -0.2) is 0 Å². The third kappa shape index (κ3) is 1.94. The fourth-order valence-corrected chi connectivity index (χ4v) is 2.79. The number of hydrogen-bond donors (Lipinski definition) is 1. The van der Waals surface area contributed by atoms with Gasteiger partial charge in [0.2, 0.25) is 0 Å².